The van der Waals surface area contributed by atoms with E-state index in [0.717, 1.165) is 15.8 Å². The van der Waals surface area contributed by atoms with Crippen LogP contribution in [0.4, 0.5) is 11.4 Å². The minimum absolute atomic E-state index is 0.305. The number of rotatable bonds is 3. The van der Waals surface area contributed by atoms with Gasteiger partial charge in [0.2, 0.25) is 0 Å². The zero-order valence-electron chi connectivity index (χ0n) is 8.91. The van der Waals surface area contributed by atoms with Crippen molar-refractivity contribution in [2.45, 2.75) is 13.0 Å². The lowest BCUT2D eigenvalue weighted by atomic mass is 10.2. The molecule has 0 fully saturated rings. The molecule has 0 saturated heterocycles. The lowest BCUT2D eigenvalue weighted by Gasteiger charge is -2.15. The van der Waals surface area contributed by atoms with Gasteiger partial charge >= 0.3 is 0 Å². The van der Waals surface area contributed by atoms with Gasteiger partial charge in [0.05, 0.1) is 6.04 Å². The summed E-state index contributed by atoms with van der Waals surface area (Å²) in [6, 6.07) is 10.3. The Labute approximate surface area is 108 Å². The highest BCUT2D eigenvalue weighted by atomic mass is 79.9. The molecular weight excluding hydrogens is 284 g/mol. The summed E-state index contributed by atoms with van der Waals surface area (Å²) in [5.41, 5.74) is 7.53. The maximum absolute atomic E-state index is 5.70. The van der Waals surface area contributed by atoms with Crippen LogP contribution < -0.4 is 11.1 Å². The molecule has 0 radical (unpaired) electrons. The molecule has 1 aromatic carbocycles. The van der Waals surface area contributed by atoms with Crippen LogP contribution in [0.25, 0.3) is 0 Å². The van der Waals surface area contributed by atoms with E-state index in [9.17, 15) is 0 Å². The van der Waals surface area contributed by atoms with E-state index in [1.807, 2.05) is 18.2 Å². The molecule has 84 valence electrons. The maximum Gasteiger partial charge on any atom is 0.0578 e. The molecule has 2 nitrogen and oxygen atoms in total. The summed E-state index contributed by atoms with van der Waals surface area (Å²) in [7, 11) is 0. The highest BCUT2D eigenvalue weighted by Crippen LogP contribution is 2.29. The zero-order valence-corrected chi connectivity index (χ0v) is 11.3. The normalized spacial score (nSPS) is 12.4. The molecule has 1 heterocycles. The molecule has 2 aromatic rings. The van der Waals surface area contributed by atoms with Crippen LogP contribution in [-0.2, 0) is 0 Å². The molecule has 4 heteroatoms. The van der Waals surface area contributed by atoms with Crippen molar-refractivity contribution in [1.29, 1.82) is 0 Å². The molecule has 2 rings (SSSR count). The van der Waals surface area contributed by atoms with E-state index in [1.165, 1.54) is 4.88 Å². The summed E-state index contributed by atoms with van der Waals surface area (Å²) >= 11 is 5.26. The predicted octanol–water partition coefficient (Wildman–Crippen LogP) is 4.27. The fourth-order valence-electron chi connectivity index (χ4n) is 1.49. The minimum Gasteiger partial charge on any atom is -0.399 e. The quantitative estimate of drug-likeness (QED) is 0.830. The minimum atomic E-state index is 0.305. The first-order valence-corrected chi connectivity index (χ1v) is 6.69. The molecule has 0 aliphatic rings. The van der Waals surface area contributed by atoms with Crippen molar-refractivity contribution in [3.05, 3.63) is 45.1 Å². The number of thiophene rings is 1. The van der Waals surface area contributed by atoms with Gasteiger partial charge in [0.1, 0.15) is 0 Å². The van der Waals surface area contributed by atoms with Crippen molar-refractivity contribution in [2.75, 3.05) is 11.1 Å². The lowest BCUT2D eigenvalue weighted by Crippen LogP contribution is -2.05. The molecule has 0 saturated carbocycles. The van der Waals surface area contributed by atoms with Crippen LogP contribution in [0.2, 0.25) is 0 Å². The second-order valence-corrected chi connectivity index (χ2v) is 5.45. The van der Waals surface area contributed by atoms with Crippen LogP contribution in [0.5, 0.6) is 0 Å². The zero-order chi connectivity index (χ0) is 11.5. The third-order valence-corrected chi connectivity index (χ3v) is 4.05. The largest absolute Gasteiger partial charge is 0.399 e. The van der Waals surface area contributed by atoms with Gasteiger partial charge in [-0.1, -0.05) is 6.07 Å². The third kappa shape index (κ3) is 2.57. The number of nitrogens with two attached hydrogens (primary N) is 1. The van der Waals surface area contributed by atoms with Crippen LogP contribution in [0, 0.1) is 0 Å². The van der Waals surface area contributed by atoms with Gasteiger partial charge < -0.3 is 11.1 Å². The van der Waals surface area contributed by atoms with E-state index >= 15 is 0 Å². The first-order chi connectivity index (χ1) is 7.66. The van der Waals surface area contributed by atoms with Crippen LogP contribution in [0.1, 0.15) is 17.8 Å². The van der Waals surface area contributed by atoms with Crippen LogP contribution in [0.3, 0.4) is 0 Å². The second-order valence-electron chi connectivity index (χ2n) is 3.62. The third-order valence-electron chi connectivity index (χ3n) is 2.34. The summed E-state index contributed by atoms with van der Waals surface area (Å²) in [5, 5.41) is 5.54. The first kappa shape index (κ1) is 11.5. The van der Waals surface area contributed by atoms with Crippen LogP contribution in [-0.4, -0.2) is 0 Å². The van der Waals surface area contributed by atoms with Gasteiger partial charge in [-0.3, -0.25) is 0 Å². The van der Waals surface area contributed by atoms with Crippen LogP contribution >= 0.6 is 27.3 Å². The molecule has 0 aliphatic heterocycles. The van der Waals surface area contributed by atoms with Crippen LogP contribution in [0.15, 0.2) is 40.2 Å². The number of nitrogens with one attached hydrogen (secondary N) is 1. The molecule has 0 aliphatic carbocycles. The molecule has 1 atom stereocenters. The Morgan fingerprint density at radius 1 is 1.38 bits per heavy atom. The van der Waals surface area contributed by atoms with E-state index in [-0.39, 0.29) is 0 Å². The van der Waals surface area contributed by atoms with Gasteiger partial charge in [0.15, 0.2) is 0 Å². The Hall–Kier alpha value is -1.00. The van der Waals surface area contributed by atoms with E-state index in [1.54, 1.807) is 11.3 Å². The van der Waals surface area contributed by atoms with Crippen molar-refractivity contribution < 1.29 is 0 Å². The number of hydrogen-bond acceptors (Lipinski definition) is 3. The summed E-state index contributed by atoms with van der Waals surface area (Å²) in [6.07, 6.45) is 0. The average molecular weight is 297 g/mol. The van der Waals surface area contributed by atoms with E-state index < -0.39 is 0 Å². The second kappa shape index (κ2) is 4.89. The van der Waals surface area contributed by atoms with Gasteiger partial charge in [0.25, 0.3) is 0 Å². The van der Waals surface area contributed by atoms with Crippen molar-refractivity contribution in [3.63, 3.8) is 0 Å². The molecule has 1 aromatic heterocycles. The Bertz CT molecular complexity index is 468. The predicted molar refractivity (Wildman–Crippen MR) is 74.9 cm³/mol. The van der Waals surface area contributed by atoms with E-state index in [4.69, 9.17) is 5.73 Å². The van der Waals surface area contributed by atoms with Gasteiger partial charge in [-0.2, -0.15) is 0 Å². The number of halogens is 1. The summed E-state index contributed by atoms with van der Waals surface area (Å²) in [5.74, 6) is 0. The van der Waals surface area contributed by atoms with E-state index in [0.29, 0.717) is 6.04 Å². The molecule has 0 spiro atoms. The number of anilines is 2. The van der Waals surface area contributed by atoms with Gasteiger partial charge in [-0.15, -0.1) is 11.3 Å². The van der Waals surface area contributed by atoms with Gasteiger partial charge in [-0.05, 0) is 52.5 Å². The highest BCUT2D eigenvalue weighted by molar-refractivity contribution is 9.10. The molecule has 3 N–H and O–H groups in total. The highest BCUT2D eigenvalue weighted by Gasteiger charge is 2.08. The van der Waals surface area contributed by atoms with Gasteiger partial charge in [-0.25, -0.2) is 0 Å². The fraction of sp³-hybridized carbons (Fsp3) is 0.167. The molecule has 1 unspecified atom stereocenters. The summed E-state index contributed by atoms with van der Waals surface area (Å²) < 4.78 is 0.996. The van der Waals surface area contributed by atoms with Gasteiger partial charge in [0, 0.05) is 20.7 Å². The molecule has 16 heavy (non-hydrogen) atoms. The molecule has 0 bridgehead atoms. The Morgan fingerprint density at radius 2 is 2.19 bits per heavy atom. The SMILES string of the molecule is CC(Nc1ccc(N)cc1Br)c1cccs1. The average Bonchev–Trinajstić information content (AvgIpc) is 2.75. The summed E-state index contributed by atoms with van der Waals surface area (Å²) in [4.78, 5) is 1.32. The number of benzene rings is 1. The smallest absolute Gasteiger partial charge is 0.0578 e. The lowest BCUT2D eigenvalue weighted by molar-refractivity contribution is 0.907. The topological polar surface area (TPSA) is 38.0 Å². The number of hydrogen-bond donors (Lipinski definition) is 2. The maximum atomic E-state index is 5.70. The van der Waals surface area contributed by atoms with Crippen molar-refractivity contribution in [1.82, 2.24) is 0 Å². The van der Waals surface area contributed by atoms with Crippen molar-refractivity contribution in [2.24, 2.45) is 0 Å². The standard InChI is InChI=1S/C12H13BrN2S/c1-8(12-3-2-6-16-12)15-11-5-4-9(14)7-10(11)13/h2-8,15H,14H2,1H3. The molecule has 0 amide bonds. The monoisotopic (exact) mass is 296 g/mol. The van der Waals surface area contributed by atoms with E-state index in [2.05, 4.69) is 45.7 Å². The first-order valence-electron chi connectivity index (χ1n) is 5.02. The Morgan fingerprint density at radius 3 is 2.81 bits per heavy atom. The van der Waals surface area contributed by atoms with Crippen molar-refractivity contribution >= 4 is 38.6 Å². The Kier molecular flexibility index (Phi) is 3.51. The summed E-state index contributed by atoms with van der Waals surface area (Å²) in [6.45, 7) is 2.15. The van der Waals surface area contributed by atoms with Crippen molar-refractivity contribution in [3.8, 4) is 0 Å². The fourth-order valence-corrected chi connectivity index (χ4v) is 2.74. The Balaban J connectivity index is 2.15. The molecular formula is C12H13BrN2S. The number of nitrogen functional groups attached to an aromatic ring is 1.